The van der Waals surface area contributed by atoms with E-state index in [1.807, 2.05) is 31.2 Å². The molecule has 0 saturated carbocycles. The van der Waals surface area contributed by atoms with Crippen molar-refractivity contribution in [3.63, 3.8) is 0 Å². The van der Waals surface area contributed by atoms with E-state index >= 15 is 0 Å². The van der Waals surface area contributed by atoms with Crippen molar-refractivity contribution in [3.8, 4) is 0 Å². The molecule has 0 spiro atoms. The SMILES string of the molecule is CCCN=C(N)NCCn1c(=O)[nH]c2ccccc21.I. The summed E-state index contributed by atoms with van der Waals surface area (Å²) in [4.78, 5) is 18.8. The fourth-order valence-corrected chi connectivity index (χ4v) is 1.91. The van der Waals surface area contributed by atoms with Crippen molar-refractivity contribution < 1.29 is 0 Å². The van der Waals surface area contributed by atoms with Gasteiger partial charge in [0.2, 0.25) is 0 Å². The second-order valence-electron chi connectivity index (χ2n) is 4.29. The van der Waals surface area contributed by atoms with Gasteiger partial charge in [-0.15, -0.1) is 24.0 Å². The molecule has 0 unspecified atom stereocenters. The Bertz CT molecular complexity index is 631. The zero-order valence-corrected chi connectivity index (χ0v) is 13.8. The predicted molar refractivity (Wildman–Crippen MR) is 92.8 cm³/mol. The Labute approximate surface area is 134 Å². The topological polar surface area (TPSA) is 88.2 Å². The van der Waals surface area contributed by atoms with Gasteiger partial charge in [0, 0.05) is 19.6 Å². The lowest BCUT2D eigenvalue weighted by Crippen LogP contribution is -2.35. The third kappa shape index (κ3) is 3.99. The second-order valence-corrected chi connectivity index (χ2v) is 4.29. The molecule has 1 aromatic heterocycles. The molecule has 110 valence electrons. The average Bonchev–Trinajstić information content (AvgIpc) is 2.73. The molecular formula is C13H20IN5O. The molecule has 0 aliphatic rings. The largest absolute Gasteiger partial charge is 0.370 e. The van der Waals surface area contributed by atoms with Gasteiger partial charge in [-0.25, -0.2) is 4.79 Å². The summed E-state index contributed by atoms with van der Waals surface area (Å²) in [6.07, 6.45) is 0.963. The van der Waals surface area contributed by atoms with E-state index < -0.39 is 0 Å². The predicted octanol–water partition coefficient (Wildman–Crippen LogP) is 1.26. The number of guanidine groups is 1. The molecule has 6 nitrogen and oxygen atoms in total. The number of rotatable bonds is 5. The van der Waals surface area contributed by atoms with Crippen LogP contribution in [0.2, 0.25) is 0 Å². The fraction of sp³-hybridized carbons (Fsp3) is 0.385. The summed E-state index contributed by atoms with van der Waals surface area (Å²) in [7, 11) is 0. The van der Waals surface area contributed by atoms with Crippen molar-refractivity contribution >= 4 is 41.0 Å². The first-order valence-electron chi connectivity index (χ1n) is 6.43. The van der Waals surface area contributed by atoms with Crippen molar-refractivity contribution in [3.05, 3.63) is 34.7 Å². The molecule has 20 heavy (non-hydrogen) atoms. The molecule has 1 aromatic carbocycles. The number of fused-ring (bicyclic) bond motifs is 1. The fourth-order valence-electron chi connectivity index (χ4n) is 1.91. The van der Waals surface area contributed by atoms with Crippen molar-refractivity contribution in [1.82, 2.24) is 14.9 Å². The van der Waals surface area contributed by atoms with E-state index in [1.165, 1.54) is 0 Å². The number of hydrogen-bond acceptors (Lipinski definition) is 2. The monoisotopic (exact) mass is 389 g/mol. The van der Waals surface area contributed by atoms with Crippen LogP contribution in [-0.4, -0.2) is 28.6 Å². The van der Waals surface area contributed by atoms with Crippen LogP contribution in [-0.2, 0) is 6.54 Å². The molecule has 7 heteroatoms. The Balaban J connectivity index is 0.00000200. The van der Waals surface area contributed by atoms with Crippen LogP contribution in [0.1, 0.15) is 13.3 Å². The smallest absolute Gasteiger partial charge is 0.326 e. The molecule has 2 aromatic rings. The normalized spacial score (nSPS) is 11.3. The zero-order valence-electron chi connectivity index (χ0n) is 11.4. The van der Waals surface area contributed by atoms with Crippen molar-refractivity contribution in [2.75, 3.05) is 13.1 Å². The van der Waals surface area contributed by atoms with Crippen molar-refractivity contribution in [2.24, 2.45) is 10.7 Å². The Morgan fingerprint density at radius 2 is 2.20 bits per heavy atom. The molecule has 0 bridgehead atoms. The van der Waals surface area contributed by atoms with Crippen molar-refractivity contribution in [2.45, 2.75) is 19.9 Å². The molecule has 0 atom stereocenters. The van der Waals surface area contributed by atoms with Crippen LogP contribution >= 0.6 is 24.0 Å². The number of hydrogen-bond donors (Lipinski definition) is 3. The molecule has 4 N–H and O–H groups in total. The summed E-state index contributed by atoms with van der Waals surface area (Å²) >= 11 is 0. The van der Waals surface area contributed by atoms with Crippen LogP contribution in [0.5, 0.6) is 0 Å². The first-order valence-corrected chi connectivity index (χ1v) is 6.43. The minimum atomic E-state index is -0.105. The van der Waals surface area contributed by atoms with Crippen LogP contribution in [0.25, 0.3) is 11.0 Å². The van der Waals surface area contributed by atoms with Crippen LogP contribution < -0.4 is 16.7 Å². The minimum Gasteiger partial charge on any atom is -0.370 e. The Morgan fingerprint density at radius 3 is 2.95 bits per heavy atom. The Morgan fingerprint density at radius 1 is 1.45 bits per heavy atom. The quantitative estimate of drug-likeness (QED) is 0.409. The van der Waals surface area contributed by atoms with Crippen LogP contribution in [0.4, 0.5) is 0 Å². The van der Waals surface area contributed by atoms with Gasteiger partial charge in [0.25, 0.3) is 0 Å². The lowest BCUT2D eigenvalue weighted by Gasteiger charge is -2.06. The highest BCUT2D eigenvalue weighted by atomic mass is 127. The number of aromatic amines is 1. The average molecular weight is 389 g/mol. The van der Waals surface area contributed by atoms with E-state index in [9.17, 15) is 4.79 Å². The number of nitrogens with zero attached hydrogens (tertiary/aromatic N) is 2. The van der Waals surface area contributed by atoms with Gasteiger partial charge in [-0.3, -0.25) is 9.56 Å². The van der Waals surface area contributed by atoms with E-state index in [0.29, 0.717) is 25.6 Å². The standard InChI is InChI=1S/C13H19N5O.HI/c1-2-7-15-12(14)16-8-9-18-11-6-4-3-5-10(11)17-13(18)19;/h3-6H,2,7-9H2,1H3,(H,17,19)(H3,14,15,16);1H. The molecular weight excluding hydrogens is 369 g/mol. The second kappa shape index (κ2) is 7.93. The molecule has 1 heterocycles. The van der Waals surface area contributed by atoms with E-state index in [4.69, 9.17) is 5.73 Å². The number of benzene rings is 1. The third-order valence-electron chi connectivity index (χ3n) is 2.83. The molecule has 0 fully saturated rings. The molecule has 0 aliphatic carbocycles. The summed E-state index contributed by atoms with van der Waals surface area (Å²) < 4.78 is 1.69. The van der Waals surface area contributed by atoms with Gasteiger partial charge in [0.05, 0.1) is 11.0 Å². The summed E-state index contributed by atoms with van der Waals surface area (Å²) in [6, 6.07) is 7.62. The number of para-hydroxylation sites is 2. The van der Waals surface area contributed by atoms with Gasteiger partial charge in [-0.05, 0) is 18.6 Å². The van der Waals surface area contributed by atoms with E-state index in [0.717, 1.165) is 17.5 Å². The molecule has 0 saturated heterocycles. The van der Waals surface area contributed by atoms with E-state index in [2.05, 4.69) is 15.3 Å². The number of halogens is 1. The summed E-state index contributed by atoms with van der Waals surface area (Å²) in [6.45, 7) is 3.88. The van der Waals surface area contributed by atoms with Gasteiger partial charge in [-0.2, -0.15) is 0 Å². The van der Waals surface area contributed by atoms with Gasteiger partial charge in [0.15, 0.2) is 5.96 Å². The molecule has 0 aliphatic heterocycles. The maximum atomic E-state index is 11.8. The minimum absolute atomic E-state index is 0. The number of nitrogens with two attached hydrogens (primary N) is 1. The lowest BCUT2D eigenvalue weighted by atomic mass is 10.3. The van der Waals surface area contributed by atoms with Gasteiger partial charge < -0.3 is 16.0 Å². The molecule has 2 rings (SSSR count). The number of nitrogens with one attached hydrogen (secondary N) is 2. The highest BCUT2D eigenvalue weighted by Gasteiger charge is 2.04. The summed E-state index contributed by atoms with van der Waals surface area (Å²) in [5.41, 5.74) is 7.34. The van der Waals surface area contributed by atoms with Gasteiger partial charge in [-0.1, -0.05) is 19.1 Å². The Kier molecular flexibility index (Phi) is 6.56. The Hall–Kier alpha value is -1.51. The van der Waals surface area contributed by atoms with Crippen LogP contribution in [0, 0.1) is 0 Å². The summed E-state index contributed by atoms with van der Waals surface area (Å²) in [5, 5.41) is 3.00. The number of H-pyrrole nitrogens is 1. The summed E-state index contributed by atoms with van der Waals surface area (Å²) in [5.74, 6) is 0.426. The van der Waals surface area contributed by atoms with Crippen molar-refractivity contribution in [1.29, 1.82) is 0 Å². The highest BCUT2D eigenvalue weighted by molar-refractivity contribution is 14.0. The first-order chi connectivity index (χ1) is 9.22. The van der Waals surface area contributed by atoms with Gasteiger partial charge >= 0.3 is 5.69 Å². The van der Waals surface area contributed by atoms with Crippen LogP contribution in [0.3, 0.4) is 0 Å². The zero-order chi connectivity index (χ0) is 13.7. The van der Waals surface area contributed by atoms with E-state index in [1.54, 1.807) is 4.57 Å². The number of aliphatic imine (C=N–C) groups is 1. The number of imidazole rings is 1. The highest BCUT2D eigenvalue weighted by Crippen LogP contribution is 2.08. The lowest BCUT2D eigenvalue weighted by molar-refractivity contribution is 0.666. The van der Waals surface area contributed by atoms with Gasteiger partial charge in [0.1, 0.15) is 0 Å². The maximum Gasteiger partial charge on any atom is 0.326 e. The maximum absolute atomic E-state index is 11.8. The molecule has 0 radical (unpaired) electrons. The van der Waals surface area contributed by atoms with E-state index in [-0.39, 0.29) is 29.7 Å². The molecule has 0 amide bonds. The third-order valence-corrected chi connectivity index (χ3v) is 2.83. The van der Waals surface area contributed by atoms with Crippen LogP contribution in [0.15, 0.2) is 34.1 Å². The first kappa shape index (κ1) is 16.5. The number of aromatic nitrogens is 2.